The number of benzene rings is 1. The Morgan fingerprint density at radius 1 is 1.09 bits per heavy atom. The smallest absolute Gasteiger partial charge is 0.234 e. The summed E-state index contributed by atoms with van der Waals surface area (Å²) in [6, 6.07) is 8.99. The van der Waals surface area contributed by atoms with E-state index in [4.69, 9.17) is 9.47 Å². The lowest BCUT2D eigenvalue weighted by Crippen LogP contribution is -2.41. The zero-order valence-corrected chi connectivity index (χ0v) is 20.1. The Morgan fingerprint density at radius 3 is 2.36 bits per heavy atom. The summed E-state index contributed by atoms with van der Waals surface area (Å²) < 4.78 is 10.4. The number of ether oxygens (including phenoxy) is 2. The van der Waals surface area contributed by atoms with Crippen molar-refractivity contribution in [1.29, 1.82) is 0 Å². The van der Waals surface area contributed by atoms with Crippen LogP contribution in [0.4, 0.5) is 11.5 Å². The molecule has 0 spiro atoms. The first-order valence-electron chi connectivity index (χ1n) is 11.0. The predicted molar refractivity (Wildman–Crippen MR) is 129 cm³/mol. The van der Waals surface area contributed by atoms with Crippen molar-refractivity contribution in [2.75, 3.05) is 49.8 Å². The average Bonchev–Trinajstić information content (AvgIpc) is 2.86. The molecule has 33 heavy (non-hydrogen) atoms. The van der Waals surface area contributed by atoms with Crippen molar-refractivity contribution in [2.45, 2.75) is 31.2 Å². The van der Waals surface area contributed by atoms with Crippen LogP contribution in [-0.4, -0.2) is 61.6 Å². The number of rotatable bonds is 10. The maximum Gasteiger partial charge on any atom is 0.234 e. The van der Waals surface area contributed by atoms with E-state index in [0.717, 1.165) is 44.7 Å². The minimum absolute atomic E-state index is 0.0682. The van der Waals surface area contributed by atoms with Crippen LogP contribution in [-0.2, 0) is 9.59 Å². The Morgan fingerprint density at radius 2 is 1.79 bits per heavy atom. The third-order valence-corrected chi connectivity index (χ3v) is 6.27. The summed E-state index contributed by atoms with van der Waals surface area (Å²) in [4.78, 5) is 26.6. The Balaban J connectivity index is 1.46. The molecule has 1 aromatic carbocycles. The summed E-state index contributed by atoms with van der Waals surface area (Å²) >= 11 is 1.32. The van der Waals surface area contributed by atoms with Gasteiger partial charge in [-0.3, -0.25) is 9.59 Å². The number of thioether (sulfide) groups is 1. The zero-order valence-electron chi connectivity index (χ0n) is 19.3. The molecule has 2 aromatic rings. The van der Waals surface area contributed by atoms with Crippen LogP contribution in [0.25, 0.3) is 0 Å². The molecule has 2 N–H and O–H groups in total. The van der Waals surface area contributed by atoms with E-state index in [-0.39, 0.29) is 23.5 Å². The van der Waals surface area contributed by atoms with Gasteiger partial charge in [-0.2, -0.15) is 0 Å². The molecule has 0 aliphatic carbocycles. The number of hydrogen-bond donors (Lipinski definition) is 2. The van der Waals surface area contributed by atoms with E-state index in [0.29, 0.717) is 22.2 Å². The summed E-state index contributed by atoms with van der Waals surface area (Å²) in [5, 5.41) is 15.1. The number of nitrogens with zero attached hydrogens (tertiary/aromatic N) is 3. The van der Waals surface area contributed by atoms with Crippen LogP contribution in [0, 0.1) is 5.92 Å². The minimum atomic E-state index is -0.162. The SMILES string of the molecule is CCCNC(=O)C1CCN(c2ccc(SCC(=O)Nc3cc(OC)cc(OC)c3)nn2)CC1. The molecule has 9 nitrogen and oxygen atoms in total. The lowest BCUT2D eigenvalue weighted by molar-refractivity contribution is -0.125. The molecule has 1 aliphatic heterocycles. The number of anilines is 2. The molecule has 0 unspecified atom stereocenters. The third-order valence-electron chi connectivity index (χ3n) is 5.35. The van der Waals surface area contributed by atoms with Crippen LogP contribution in [0.2, 0.25) is 0 Å². The first-order valence-corrected chi connectivity index (χ1v) is 12.0. The van der Waals surface area contributed by atoms with Crippen LogP contribution in [0.1, 0.15) is 26.2 Å². The van der Waals surface area contributed by atoms with Crippen LogP contribution >= 0.6 is 11.8 Å². The van der Waals surface area contributed by atoms with E-state index in [1.807, 2.05) is 19.1 Å². The van der Waals surface area contributed by atoms with Gasteiger partial charge in [-0.1, -0.05) is 18.7 Å². The fourth-order valence-electron chi connectivity index (χ4n) is 3.54. The highest BCUT2D eigenvalue weighted by atomic mass is 32.2. The van der Waals surface area contributed by atoms with Gasteiger partial charge in [-0.05, 0) is 31.4 Å². The molecule has 10 heteroatoms. The molecule has 0 radical (unpaired) electrons. The monoisotopic (exact) mass is 473 g/mol. The van der Waals surface area contributed by atoms with Crippen molar-refractivity contribution in [3.63, 3.8) is 0 Å². The Labute approximate surface area is 198 Å². The second-order valence-corrected chi connectivity index (χ2v) is 8.72. The molecule has 2 heterocycles. The van der Waals surface area contributed by atoms with Crippen molar-refractivity contribution in [3.05, 3.63) is 30.3 Å². The highest BCUT2D eigenvalue weighted by molar-refractivity contribution is 7.99. The maximum absolute atomic E-state index is 12.3. The zero-order chi connectivity index (χ0) is 23.6. The summed E-state index contributed by atoms with van der Waals surface area (Å²) in [5.74, 6) is 2.25. The Bertz CT molecular complexity index is 911. The molecule has 0 atom stereocenters. The van der Waals surface area contributed by atoms with Gasteiger partial charge in [-0.15, -0.1) is 10.2 Å². The standard InChI is InChI=1S/C23H31N5O4S/c1-4-9-24-23(30)16-7-10-28(11-8-16)20-5-6-22(27-26-20)33-15-21(29)25-17-12-18(31-2)14-19(13-17)32-3/h5-6,12-14,16H,4,7-11,15H2,1-3H3,(H,24,30)(H,25,29). The molecular formula is C23H31N5O4S. The molecule has 0 saturated carbocycles. The van der Waals surface area contributed by atoms with Crippen molar-refractivity contribution in [3.8, 4) is 11.5 Å². The number of carbonyl (C=O) groups excluding carboxylic acids is 2. The number of amides is 2. The highest BCUT2D eigenvalue weighted by Gasteiger charge is 2.25. The van der Waals surface area contributed by atoms with Crippen molar-refractivity contribution in [1.82, 2.24) is 15.5 Å². The van der Waals surface area contributed by atoms with Crippen molar-refractivity contribution >= 4 is 35.1 Å². The van der Waals surface area contributed by atoms with Crippen LogP contribution < -0.4 is 25.0 Å². The summed E-state index contributed by atoms with van der Waals surface area (Å²) in [6.07, 6.45) is 2.56. The van der Waals surface area contributed by atoms with E-state index in [1.165, 1.54) is 11.8 Å². The van der Waals surface area contributed by atoms with E-state index >= 15 is 0 Å². The number of methoxy groups -OCH3 is 2. The van der Waals surface area contributed by atoms with Gasteiger partial charge in [0, 0.05) is 49.4 Å². The van der Waals surface area contributed by atoms with Gasteiger partial charge in [0.05, 0.1) is 20.0 Å². The van der Waals surface area contributed by atoms with Gasteiger partial charge in [0.2, 0.25) is 11.8 Å². The summed E-state index contributed by atoms with van der Waals surface area (Å²) in [6.45, 7) is 4.33. The van der Waals surface area contributed by atoms with Crippen molar-refractivity contribution in [2.24, 2.45) is 5.92 Å². The largest absolute Gasteiger partial charge is 0.497 e. The first-order chi connectivity index (χ1) is 16.0. The fraction of sp³-hybridized carbons (Fsp3) is 0.478. The number of nitrogens with one attached hydrogen (secondary N) is 2. The van der Waals surface area contributed by atoms with Gasteiger partial charge < -0.3 is 25.0 Å². The van der Waals surface area contributed by atoms with E-state index in [9.17, 15) is 9.59 Å². The normalized spacial score (nSPS) is 14.0. The van der Waals surface area contributed by atoms with E-state index in [1.54, 1.807) is 32.4 Å². The lowest BCUT2D eigenvalue weighted by atomic mass is 9.96. The molecule has 1 saturated heterocycles. The van der Waals surface area contributed by atoms with E-state index < -0.39 is 0 Å². The van der Waals surface area contributed by atoms with Crippen LogP contribution in [0.3, 0.4) is 0 Å². The lowest BCUT2D eigenvalue weighted by Gasteiger charge is -2.31. The highest BCUT2D eigenvalue weighted by Crippen LogP contribution is 2.26. The molecule has 0 bridgehead atoms. The second kappa shape index (κ2) is 12.3. The fourth-order valence-corrected chi connectivity index (χ4v) is 4.15. The predicted octanol–water partition coefficient (Wildman–Crippen LogP) is 2.97. The minimum Gasteiger partial charge on any atom is -0.497 e. The number of carbonyl (C=O) groups is 2. The molecule has 1 aliphatic rings. The second-order valence-electron chi connectivity index (χ2n) is 7.72. The molecule has 178 valence electrons. The van der Waals surface area contributed by atoms with Crippen LogP contribution in [0.5, 0.6) is 11.5 Å². The topological polar surface area (TPSA) is 106 Å². The molecular weight excluding hydrogens is 442 g/mol. The van der Waals surface area contributed by atoms with E-state index in [2.05, 4.69) is 25.7 Å². The van der Waals surface area contributed by atoms with Gasteiger partial charge >= 0.3 is 0 Å². The van der Waals surface area contributed by atoms with Gasteiger partial charge in [0.15, 0.2) is 5.82 Å². The van der Waals surface area contributed by atoms with Gasteiger partial charge in [-0.25, -0.2) is 0 Å². The summed E-state index contributed by atoms with van der Waals surface area (Å²) in [5.41, 5.74) is 0.602. The van der Waals surface area contributed by atoms with Crippen LogP contribution in [0.15, 0.2) is 35.4 Å². The Kier molecular flexibility index (Phi) is 9.17. The molecule has 1 fully saturated rings. The average molecular weight is 474 g/mol. The first kappa shape index (κ1) is 24.6. The number of piperidine rings is 1. The third kappa shape index (κ3) is 7.24. The maximum atomic E-state index is 12.3. The molecule has 3 rings (SSSR count). The molecule has 1 aromatic heterocycles. The van der Waals surface area contributed by atoms with Gasteiger partial charge in [0.1, 0.15) is 16.5 Å². The van der Waals surface area contributed by atoms with Crippen molar-refractivity contribution < 1.29 is 19.1 Å². The number of hydrogen-bond acceptors (Lipinski definition) is 8. The number of aromatic nitrogens is 2. The Hall–Kier alpha value is -3.01. The van der Waals surface area contributed by atoms with Gasteiger partial charge in [0.25, 0.3) is 0 Å². The summed E-state index contributed by atoms with van der Waals surface area (Å²) in [7, 11) is 3.12. The quantitative estimate of drug-likeness (QED) is 0.508. The molecule has 2 amide bonds.